The van der Waals surface area contributed by atoms with Gasteiger partial charge < -0.3 is 9.88 Å². The minimum Gasteiger partial charge on any atom is -0.306 e. The molecule has 3 heterocycles. The number of nitrogens with zero attached hydrogens (tertiary/aromatic N) is 2. The summed E-state index contributed by atoms with van der Waals surface area (Å²) in [6, 6.07) is 13.2. The van der Waals surface area contributed by atoms with Gasteiger partial charge in [-0.25, -0.2) is 4.79 Å². The van der Waals surface area contributed by atoms with E-state index in [1.807, 2.05) is 40.2 Å². The molecule has 0 saturated carbocycles. The van der Waals surface area contributed by atoms with E-state index in [9.17, 15) is 4.79 Å². The number of thiophene rings is 1. The van der Waals surface area contributed by atoms with E-state index in [4.69, 9.17) is 0 Å². The van der Waals surface area contributed by atoms with Crippen LogP contribution in [0.2, 0.25) is 0 Å². The average Bonchev–Trinajstić information content (AvgIpc) is 3.21. The minimum absolute atomic E-state index is 0.0290. The van der Waals surface area contributed by atoms with Crippen molar-refractivity contribution in [2.45, 2.75) is 38.3 Å². The summed E-state index contributed by atoms with van der Waals surface area (Å²) in [4.78, 5) is 19.4. The van der Waals surface area contributed by atoms with Gasteiger partial charge in [0.15, 0.2) is 0 Å². The van der Waals surface area contributed by atoms with Crippen molar-refractivity contribution in [1.82, 2.24) is 14.5 Å². The molecule has 5 heteroatoms. The first kappa shape index (κ1) is 15.7. The molecule has 1 aliphatic rings. The van der Waals surface area contributed by atoms with Crippen molar-refractivity contribution in [1.29, 1.82) is 0 Å². The maximum atomic E-state index is 12.4. The van der Waals surface area contributed by atoms with Crippen LogP contribution in [0.25, 0.3) is 11.0 Å². The molecule has 1 fully saturated rings. The van der Waals surface area contributed by atoms with E-state index in [1.165, 1.54) is 4.88 Å². The second kappa shape index (κ2) is 6.57. The van der Waals surface area contributed by atoms with Crippen molar-refractivity contribution >= 4 is 22.4 Å². The minimum atomic E-state index is 0.0290. The molecule has 3 aromatic rings. The second-order valence-corrected chi connectivity index (χ2v) is 7.75. The normalized spacial score (nSPS) is 18.2. The summed E-state index contributed by atoms with van der Waals surface area (Å²) in [5.74, 6) is 0. The maximum Gasteiger partial charge on any atom is 0.326 e. The van der Waals surface area contributed by atoms with Crippen LogP contribution in [0.5, 0.6) is 0 Å². The molecule has 1 aliphatic heterocycles. The van der Waals surface area contributed by atoms with Crippen LogP contribution in [0.4, 0.5) is 0 Å². The van der Waals surface area contributed by atoms with Gasteiger partial charge in [-0.1, -0.05) is 18.2 Å². The fourth-order valence-electron chi connectivity index (χ4n) is 3.87. The zero-order chi connectivity index (χ0) is 16.5. The molecule has 1 unspecified atom stereocenters. The van der Waals surface area contributed by atoms with Crippen LogP contribution in [-0.2, 0) is 6.42 Å². The van der Waals surface area contributed by atoms with Gasteiger partial charge in [0.05, 0.1) is 11.0 Å². The van der Waals surface area contributed by atoms with E-state index in [-0.39, 0.29) is 5.69 Å². The molecule has 1 saturated heterocycles. The summed E-state index contributed by atoms with van der Waals surface area (Å²) >= 11 is 1.84. The smallest absolute Gasteiger partial charge is 0.306 e. The third kappa shape index (κ3) is 2.94. The molecule has 0 spiro atoms. The monoisotopic (exact) mass is 341 g/mol. The van der Waals surface area contributed by atoms with Crippen molar-refractivity contribution in [2.75, 3.05) is 13.1 Å². The molecule has 24 heavy (non-hydrogen) atoms. The van der Waals surface area contributed by atoms with Crippen molar-refractivity contribution < 1.29 is 0 Å². The largest absolute Gasteiger partial charge is 0.326 e. The van der Waals surface area contributed by atoms with Gasteiger partial charge in [0.1, 0.15) is 0 Å². The first-order valence-corrected chi connectivity index (χ1v) is 9.56. The Hall–Kier alpha value is -1.85. The third-order valence-electron chi connectivity index (χ3n) is 5.19. The summed E-state index contributed by atoms with van der Waals surface area (Å²) < 4.78 is 1.97. The number of piperidine rings is 1. The number of hydrogen-bond acceptors (Lipinski definition) is 3. The lowest BCUT2D eigenvalue weighted by molar-refractivity contribution is 0.143. The lowest BCUT2D eigenvalue weighted by Gasteiger charge is -2.36. The van der Waals surface area contributed by atoms with Crippen LogP contribution in [0, 0.1) is 0 Å². The van der Waals surface area contributed by atoms with Crippen LogP contribution >= 0.6 is 11.3 Å². The number of para-hydroxylation sites is 2. The number of imidazole rings is 1. The summed E-state index contributed by atoms with van der Waals surface area (Å²) in [5, 5.41) is 2.15. The Morgan fingerprint density at radius 1 is 1.21 bits per heavy atom. The van der Waals surface area contributed by atoms with Crippen LogP contribution in [0.15, 0.2) is 46.6 Å². The molecular formula is C19H23N3OS. The molecule has 0 bridgehead atoms. The molecule has 2 aromatic heterocycles. The number of nitrogens with one attached hydrogen (secondary N) is 1. The predicted molar refractivity (Wildman–Crippen MR) is 99.9 cm³/mol. The van der Waals surface area contributed by atoms with Gasteiger partial charge in [-0.15, -0.1) is 11.3 Å². The van der Waals surface area contributed by atoms with Crippen molar-refractivity contribution in [3.05, 3.63) is 57.1 Å². The van der Waals surface area contributed by atoms with E-state index in [0.29, 0.717) is 12.1 Å². The van der Waals surface area contributed by atoms with E-state index >= 15 is 0 Å². The average molecular weight is 341 g/mol. The Kier molecular flexibility index (Phi) is 4.29. The topological polar surface area (TPSA) is 41.0 Å². The van der Waals surface area contributed by atoms with E-state index < -0.39 is 0 Å². The molecule has 4 nitrogen and oxygen atoms in total. The summed E-state index contributed by atoms with van der Waals surface area (Å²) in [6.07, 6.45) is 3.20. The Bertz CT molecular complexity index is 856. The first-order chi connectivity index (χ1) is 11.7. The van der Waals surface area contributed by atoms with Gasteiger partial charge in [-0.3, -0.25) is 4.57 Å². The maximum absolute atomic E-state index is 12.4. The predicted octanol–water partition coefficient (Wildman–Crippen LogP) is 3.66. The molecular weight excluding hydrogens is 318 g/mol. The SMILES string of the molecule is CC(Cc1cccs1)N1CCC(n2c(=O)[nH]c3ccccc32)CC1. The lowest BCUT2D eigenvalue weighted by Crippen LogP contribution is -2.42. The molecule has 4 rings (SSSR count). The van der Waals surface area contributed by atoms with Crippen LogP contribution < -0.4 is 5.69 Å². The summed E-state index contributed by atoms with van der Waals surface area (Å²) in [7, 11) is 0. The molecule has 0 amide bonds. The van der Waals surface area contributed by atoms with E-state index in [2.05, 4.69) is 34.3 Å². The quantitative estimate of drug-likeness (QED) is 0.787. The van der Waals surface area contributed by atoms with Crippen LogP contribution in [0.1, 0.15) is 30.7 Å². The van der Waals surface area contributed by atoms with Gasteiger partial charge in [-0.2, -0.15) is 0 Å². The number of likely N-dealkylation sites (tertiary alicyclic amines) is 1. The fourth-order valence-corrected chi connectivity index (χ4v) is 4.70. The van der Waals surface area contributed by atoms with E-state index in [1.54, 1.807) is 0 Å². The zero-order valence-corrected chi connectivity index (χ0v) is 14.8. The Balaban J connectivity index is 1.46. The zero-order valence-electron chi connectivity index (χ0n) is 13.9. The number of hydrogen-bond donors (Lipinski definition) is 1. The number of benzene rings is 1. The molecule has 0 aliphatic carbocycles. The van der Waals surface area contributed by atoms with Gasteiger partial charge in [-0.05, 0) is 49.8 Å². The van der Waals surface area contributed by atoms with Gasteiger partial charge >= 0.3 is 5.69 Å². The van der Waals surface area contributed by atoms with Crippen LogP contribution in [-0.4, -0.2) is 33.6 Å². The standard InChI is InChI=1S/C19H23N3OS/c1-14(13-16-5-4-12-24-16)21-10-8-15(9-11-21)22-18-7-3-2-6-17(18)20-19(22)23/h2-7,12,14-15H,8-11,13H2,1H3,(H,20,23). The molecule has 0 radical (unpaired) electrons. The number of H-pyrrole nitrogens is 1. The Morgan fingerprint density at radius 3 is 2.75 bits per heavy atom. The van der Waals surface area contributed by atoms with Crippen LogP contribution in [0.3, 0.4) is 0 Å². The highest BCUT2D eigenvalue weighted by Gasteiger charge is 2.26. The summed E-state index contributed by atoms with van der Waals surface area (Å²) in [6.45, 7) is 4.43. The highest BCUT2D eigenvalue weighted by Crippen LogP contribution is 2.26. The second-order valence-electron chi connectivity index (χ2n) is 6.72. The van der Waals surface area contributed by atoms with Gasteiger partial charge in [0, 0.05) is 30.1 Å². The highest BCUT2D eigenvalue weighted by molar-refractivity contribution is 7.09. The Morgan fingerprint density at radius 2 is 2.00 bits per heavy atom. The molecule has 1 N–H and O–H groups in total. The molecule has 1 atom stereocenters. The summed E-state index contributed by atoms with van der Waals surface area (Å²) in [5.41, 5.74) is 2.00. The highest BCUT2D eigenvalue weighted by atomic mass is 32.1. The lowest BCUT2D eigenvalue weighted by atomic mass is 10.0. The Labute approximate surface area is 145 Å². The number of rotatable bonds is 4. The first-order valence-electron chi connectivity index (χ1n) is 8.68. The van der Waals surface area contributed by atoms with Crippen molar-refractivity contribution in [3.63, 3.8) is 0 Å². The van der Waals surface area contributed by atoms with Crippen molar-refractivity contribution in [3.8, 4) is 0 Å². The van der Waals surface area contributed by atoms with Crippen molar-refractivity contribution in [2.24, 2.45) is 0 Å². The van der Waals surface area contributed by atoms with Gasteiger partial charge in [0.25, 0.3) is 0 Å². The molecule has 1 aromatic carbocycles. The fraction of sp³-hybridized carbons (Fsp3) is 0.421. The third-order valence-corrected chi connectivity index (χ3v) is 6.09. The number of fused-ring (bicyclic) bond motifs is 1. The molecule has 126 valence electrons. The number of aromatic nitrogens is 2. The number of aromatic amines is 1. The van der Waals surface area contributed by atoms with Gasteiger partial charge in [0.2, 0.25) is 0 Å². The van der Waals surface area contributed by atoms with E-state index in [0.717, 1.165) is 43.4 Å².